The van der Waals surface area contributed by atoms with Gasteiger partial charge in [-0.1, -0.05) is 41.9 Å². The summed E-state index contributed by atoms with van der Waals surface area (Å²) in [4.78, 5) is 49.3. The van der Waals surface area contributed by atoms with Crippen LogP contribution in [0.15, 0.2) is 73.8 Å². The minimum absolute atomic E-state index is 0.105. The Hall–Kier alpha value is -3.28. The molecule has 1 N–H and O–H groups in total. The number of ether oxygens (including phenoxy) is 2. The summed E-state index contributed by atoms with van der Waals surface area (Å²) in [6.45, 7) is 14.3. The highest BCUT2D eigenvalue weighted by Gasteiger charge is 2.76. The minimum atomic E-state index is -0.909. The number of benzene rings is 2. The second-order valence-corrected chi connectivity index (χ2v) is 15.2. The number of likely N-dealkylation sites (tertiary alicyclic amines) is 1. The van der Waals surface area contributed by atoms with E-state index < -0.39 is 28.7 Å². The highest BCUT2D eigenvalue weighted by molar-refractivity contribution is 9.09. The molecule has 3 amide bonds. The van der Waals surface area contributed by atoms with Crippen molar-refractivity contribution in [3.63, 3.8) is 0 Å². The number of anilines is 2. The van der Waals surface area contributed by atoms with Crippen molar-refractivity contribution in [3.05, 3.63) is 73.8 Å². The summed E-state index contributed by atoms with van der Waals surface area (Å²) < 4.78 is 10.1. The van der Waals surface area contributed by atoms with Crippen LogP contribution in [-0.4, -0.2) is 88.0 Å². The summed E-state index contributed by atoms with van der Waals surface area (Å²) >= 11 is 5.45. The molecule has 0 aromatic heterocycles. The quantitative estimate of drug-likeness (QED) is 0.208. The van der Waals surface area contributed by atoms with Crippen molar-refractivity contribution in [1.82, 2.24) is 4.90 Å². The molecule has 2 bridgehead atoms. The molecule has 3 fully saturated rings. The van der Waals surface area contributed by atoms with Crippen molar-refractivity contribution in [2.24, 2.45) is 17.8 Å². The molecule has 7 atom stereocenters. The highest BCUT2D eigenvalue weighted by atomic mass is 79.9. The molecule has 47 heavy (non-hydrogen) atoms. The fourth-order valence-corrected chi connectivity index (χ4v) is 11.1. The Bertz CT molecular complexity index is 1490. The first kappa shape index (κ1) is 35.0. The van der Waals surface area contributed by atoms with E-state index >= 15 is 0 Å². The normalized spacial score (nSPS) is 26.6. The standard InChI is InChI=1S/C36H44BrN3O6S/c1-7-18-38(23-12-16-26(17-13-23)46-9-3)33(42)29-30-34(43)40(28(21-41)22(4)5)32(36(30)20-27(37)31(29)47-36)35(44)39(19-8-2)24-10-14-25(45-6)15-11-24/h7-8,10-17,22,27-32,41H,1-2,9,18-21H2,3-6H3/t27?,28-,29+,30-,31+,32?,36?/m0/s1. The lowest BCUT2D eigenvalue weighted by atomic mass is 9.70. The Morgan fingerprint density at radius 1 is 1.04 bits per heavy atom. The number of hydrogen-bond acceptors (Lipinski definition) is 7. The smallest absolute Gasteiger partial charge is 0.251 e. The molecule has 2 aromatic rings. The first-order valence-corrected chi connectivity index (χ1v) is 17.8. The van der Waals surface area contributed by atoms with Crippen molar-refractivity contribution < 1.29 is 29.0 Å². The molecular weight excluding hydrogens is 682 g/mol. The highest BCUT2D eigenvalue weighted by Crippen LogP contribution is 2.68. The Morgan fingerprint density at radius 3 is 2.09 bits per heavy atom. The molecule has 9 nitrogen and oxygen atoms in total. The van der Waals surface area contributed by atoms with E-state index in [1.165, 1.54) is 0 Å². The number of thioether (sulfide) groups is 1. The predicted octanol–water partition coefficient (Wildman–Crippen LogP) is 5.31. The molecule has 5 rings (SSSR count). The molecule has 0 aliphatic carbocycles. The third-order valence-corrected chi connectivity index (χ3v) is 12.8. The molecule has 3 aliphatic rings. The monoisotopic (exact) mass is 725 g/mol. The van der Waals surface area contributed by atoms with Gasteiger partial charge < -0.3 is 29.3 Å². The molecular formula is C36H44BrN3O6S. The van der Waals surface area contributed by atoms with Gasteiger partial charge in [-0.2, -0.15) is 0 Å². The van der Waals surface area contributed by atoms with E-state index in [0.717, 1.165) is 0 Å². The van der Waals surface area contributed by atoms with E-state index in [4.69, 9.17) is 9.47 Å². The Morgan fingerprint density at radius 2 is 1.60 bits per heavy atom. The van der Waals surface area contributed by atoms with E-state index in [1.807, 2.05) is 57.2 Å². The van der Waals surface area contributed by atoms with E-state index in [1.54, 1.807) is 57.9 Å². The lowest BCUT2D eigenvalue weighted by Gasteiger charge is -2.41. The van der Waals surface area contributed by atoms with Crippen molar-refractivity contribution in [3.8, 4) is 11.5 Å². The van der Waals surface area contributed by atoms with Gasteiger partial charge in [-0.15, -0.1) is 24.9 Å². The summed E-state index contributed by atoms with van der Waals surface area (Å²) in [7, 11) is 1.58. The van der Waals surface area contributed by atoms with Gasteiger partial charge in [0.25, 0.3) is 5.91 Å². The van der Waals surface area contributed by atoms with E-state index in [9.17, 15) is 19.5 Å². The molecule has 3 aliphatic heterocycles. The summed E-state index contributed by atoms with van der Waals surface area (Å²) in [6.07, 6.45) is 3.86. The van der Waals surface area contributed by atoms with E-state index in [0.29, 0.717) is 35.9 Å². The van der Waals surface area contributed by atoms with Crippen molar-refractivity contribution in [2.75, 3.05) is 43.2 Å². The van der Waals surface area contributed by atoms with Crippen LogP contribution in [0.3, 0.4) is 0 Å². The summed E-state index contributed by atoms with van der Waals surface area (Å²) in [6, 6.07) is 13.0. The summed E-state index contributed by atoms with van der Waals surface area (Å²) in [5, 5.41) is 10.4. The predicted molar refractivity (Wildman–Crippen MR) is 190 cm³/mol. The molecule has 3 saturated heterocycles. The van der Waals surface area contributed by atoms with Gasteiger partial charge in [0.05, 0.1) is 42.9 Å². The maximum Gasteiger partial charge on any atom is 0.251 e. The number of rotatable bonds is 14. The molecule has 0 radical (unpaired) electrons. The van der Waals surface area contributed by atoms with Gasteiger partial charge in [0.1, 0.15) is 17.5 Å². The topological polar surface area (TPSA) is 99.6 Å². The average molecular weight is 727 g/mol. The number of halogens is 1. The number of methoxy groups -OCH3 is 1. The lowest BCUT2D eigenvalue weighted by Crippen LogP contribution is -2.59. The molecule has 11 heteroatoms. The zero-order chi connectivity index (χ0) is 34.0. The van der Waals surface area contributed by atoms with Crippen LogP contribution in [0.1, 0.15) is 27.2 Å². The van der Waals surface area contributed by atoms with Crippen molar-refractivity contribution in [2.45, 2.75) is 54.1 Å². The van der Waals surface area contributed by atoms with E-state index in [-0.39, 0.29) is 53.4 Å². The molecule has 0 saturated carbocycles. The molecule has 3 heterocycles. The second kappa shape index (κ2) is 14.5. The van der Waals surface area contributed by atoms with Gasteiger partial charge in [0, 0.05) is 34.5 Å². The van der Waals surface area contributed by atoms with Crippen LogP contribution in [-0.2, 0) is 14.4 Å². The van der Waals surface area contributed by atoms with Crippen LogP contribution in [0.25, 0.3) is 0 Å². The van der Waals surface area contributed by atoms with Crippen LogP contribution in [0.2, 0.25) is 0 Å². The fourth-order valence-electron chi connectivity index (χ4n) is 7.49. The maximum atomic E-state index is 15.0. The third-order valence-electron chi connectivity index (χ3n) is 9.56. The first-order valence-electron chi connectivity index (χ1n) is 16.0. The van der Waals surface area contributed by atoms with Crippen LogP contribution < -0.4 is 19.3 Å². The third kappa shape index (κ3) is 6.10. The largest absolute Gasteiger partial charge is 0.497 e. The summed E-state index contributed by atoms with van der Waals surface area (Å²) in [5.41, 5.74) is 1.31. The zero-order valence-electron chi connectivity index (χ0n) is 27.4. The van der Waals surface area contributed by atoms with Crippen molar-refractivity contribution in [1.29, 1.82) is 0 Å². The Labute approximate surface area is 290 Å². The number of aliphatic hydroxyl groups excluding tert-OH is 1. The second-order valence-electron chi connectivity index (χ2n) is 12.5. The van der Waals surface area contributed by atoms with Gasteiger partial charge in [0.2, 0.25) is 11.8 Å². The summed E-state index contributed by atoms with van der Waals surface area (Å²) in [5.74, 6) is -0.948. The Kier molecular flexibility index (Phi) is 10.8. The first-order chi connectivity index (χ1) is 22.6. The van der Waals surface area contributed by atoms with Gasteiger partial charge in [-0.05, 0) is 67.8 Å². The average Bonchev–Trinajstić information content (AvgIpc) is 3.66. The molecule has 252 valence electrons. The number of fused-ring (bicyclic) bond motifs is 1. The van der Waals surface area contributed by atoms with Crippen LogP contribution in [0.4, 0.5) is 11.4 Å². The number of carbonyl (C=O) groups excluding carboxylic acids is 3. The van der Waals surface area contributed by atoms with E-state index in [2.05, 4.69) is 29.1 Å². The van der Waals surface area contributed by atoms with Crippen molar-refractivity contribution >= 4 is 56.8 Å². The van der Waals surface area contributed by atoms with Gasteiger partial charge in [-0.3, -0.25) is 14.4 Å². The number of alkyl halides is 1. The van der Waals surface area contributed by atoms with Crippen LogP contribution in [0, 0.1) is 17.8 Å². The number of aliphatic hydroxyl groups is 1. The molecule has 3 unspecified atom stereocenters. The van der Waals surface area contributed by atoms with Gasteiger partial charge >= 0.3 is 0 Å². The SMILES string of the molecule is C=CCN(C(=O)C1N([C@@H](CO)C(C)C)C(=O)[C@@H]2[C@@H](C(=O)N(CC=C)c3ccc(OCC)cc3)[C@@H]3SC12CC3Br)c1ccc(OC)cc1. The Balaban J connectivity index is 1.60. The van der Waals surface area contributed by atoms with Crippen LogP contribution in [0.5, 0.6) is 11.5 Å². The maximum absolute atomic E-state index is 15.0. The number of amides is 3. The number of hydrogen-bond donors (Lipinski definition) is 1. The minimum Gasteiger partial charge on any atom is -0.497 e. The number of carbonyl (C=O) groups is 3. The molecule has 1 spiro atoms. The number of nitrogens with zero attached hydrogens (tertiary/aromatic N) is 3. The van der Waals surface area contributed by atoms with Gasteiger partial charge in [0.15, 0.2) is 0 Å². The fraction of sp³-hybridized carbons (Fsp3) is 0.472. The van der Waals surface area contributed by atoms with Gasteiger partial charge in [-0.25, -0.2) is 0 Å². The van der Waals surface area contributed by atoms with Crippen LogP contribution >= 0.6 is 27.7 Å². The lowest BCUT2D eigenvalue weighted by molar-refractivity contribution is -0.142. The zero-order valence-corrected chi connectivity index (χ0v) is 29.8. The molecule has 2 aromatic carbocycles.